The number of rotatable bonds is 7. The van der Waals surface area contributed by atoms with Gasteiger partial charge in [0.25, 0.3) is 5.91 Å². The minimum atomic E-state index is -0.278. The smallest absolute Gasteiger partial charge is 0.262 e. The van der Waals surface area contributed by atoms with Crippen molar-refractivity contribution < 1.29 is 14.3 Å². The van der Waals surface area contributed by atoms with Gasteiger partial charge in [-0.25, -0.2) is 0 Å². The number of anilines is 1. The molecule has 0 radical (unpaired) electrons. The maximum absolute atomic E-state index is 12.0. The molecule has 2 rings (SSSR count). The molecular formula is C19H20BrClN2O3. The minimum Gasteiger partial charge on any atom is -0.482 e. The number of hydrogen-bond donors (Lipinski definition) is 1. The standard InChI is InChI=1S/C19H20BrClN2O3/c1-23(2)19(25)10-5-13-3-7-15(8-4-13)22-18(24)12-26-17-9-6-14(20)11-16(17)21/h3-4,6-9,11H,5,10,12H2,1-2H3,(H,22,24). The van der Waals surface area contributed by atoms with Crippen LogP contribution in [-0.2, 0) is 16.0 Å². The Balaban J connectivity index is 1.82. The number of nitrogens with zero attached hydrogens (tertiary/aromatic N) is 1. The fourth-order valence-corrected chi connectivity index (χ4v) is 2.89. The van der Waals surface area contributed by atoms with E-state index >= 15 is 0 Å². The van der Waals surface area contributed by atoms with Crippen molar-refractivity contribution in [3.63, 3.8) is 0 Å². The van der Waals surface area contributed by atoms with E-state index < -0.39 is 0 Å². The molecule has 2 amide bonds. The molecular weight excluding hydrogens is 420 g/mol. The number of nitrogens with one attached hydrogen (secondary N) is 1. The molecule has 138 valence electrons. The van der Waals surface area contributed by atoms with E-state index in [4.69, 9.17) is 16.3 Å². The van der Waals surface area contributed by atoms with Gasteiger partial charge in [-0.05, 0) is 42.3 Å². The molecule has 2 aromatic rings. The fourth-order valence-electron chi connectivity index (χ4n) is 2.16. The van der Waals surface area contributed by atoms with Gasteiger partial charge in [-0.1, -0.05) is 39.7 Å². The minimum absolute atomic E-state index is 0.0890. The molecule has 0 spiro atoms. The predicted octanol–water partition coefficient (Wildman–Crippen LogP) is 4.14. The Labute approximate surface area is 166 Å². The molecule has 0 aliphatic carbocycles. The molecule has 5 nitrogen and oxygen atoms in total. The van der Waals surface area contributed by atoms with Crippen molar-refractivity contribution in [2.45, 2.75) is 12.8 Å². The van der Waals surface area contributed by atoms with E-state index in [-0.39, 0.29) is 18.4 Å². The Morgan fingerprint density at radius 1 is 1.15 bits per heavy atom. The number of amides is 2. The van der Waals surface area contributed by atoms with Crippen molar-refractivity contribution in [2.24, 2.45) is 0 Å². The Morgan fingerprint density at radius 3 is 2.46 bits per heavy atom. The van der Waals surface area contributed by atoms with E-state index in [1.165, 1.54) is 0 Å². The molecule has 0 atom stereocenters. The van der Waals surface area contributed by atoms with E-state index in [1.807, 2.05) is 12.1 Å². The van der Waals surface area contributed by atoms with Crippen molar-refractivity contribution >= 4 is 45.0 Å². The summed E-state index contributed by atoms with van der Waals surface area (Å²) in [4.78, 5) is 25.2. The number of halogens is 2. The van der Waals surface area contributed by atoms with Crippen LogP contribution in [0.5, 0.6) is 5.75 Å². The van der Waals surface area contributed by atoms with Crippen LogP contribution in [0.3, 0.4) is 0 Å². The fraction of sp³-hybridized carbons (Fsp3) is 0.263. The molecule has 1 N–H and O–H groups in total. The number of carbonyl (C=O) groups excluding carboxylic acids is 2. The third kappa shape index (κ3) is 6.35. The lowest BCUT2D eigenvalue weighted by atomic mass is 10.1. The van der Waals surface area contributed by atoms with Crippen molar-refractivity contribution in [1.82, 2.24) is 4.90 Å². The molecule has 0 saturated carbocycles. The summed E-state index contributed by atoms with van der Waals surface area (Å²) in [5, 5.41) is 3.20. The molecule has 26 heavy (non-hydrogen) atoms. The largest absolute Gasteiger partial charge is 0.482 e. The van der Waals surface area contributed by atoms with Gasteiger partial charge in [0.2, 0.25) is 5.91 Å². The highest BCUT2D eigenvalue weighted by Gasteiger charge is 2.08. The number of benzene rings is 2. The van der Waals surface area contributed by atoms with Crippen LogP contribution in [-0.4, -0.2) is 37.4 Å². The van der Waals surface area contributed by atoms with Gasteiger partial charge in [0, 0.05) is 30.7 Å². The summed E-state index contributed by atoms with van der Waals surface area (Å²) in [6, 6.07) is 12.6. The number of ether oxygens (including phenoxy) is 1. The van der Waals surface area contributed by atoms with E-state index in [0.717, 1.165) is 10.0 Å². The average molecular weight is 440 g/mol. The SMILES string of the molecule is CN(C)C(=O)CCc1ccc(NC(=O)COc2ccc(Br)cc2Cl)cc1. The monoisotopic (exact) mass is 438 g/mol. The van der Waals surface area contributed by atoms with Gasteiger partial charge in [-0.15, -0.1) is 0 Å². The second kappa shape index (κ2) is 9.59. The Bertz CT molecular complexity index is 779. The van der Waals surface area contributed by atoms with Crippen LogP contribution in [0.25, 0.3) is 0 Å². The van der Waals surface area contributed by atoms with E-state index in [9.17, 15) is 9.59 Å². The summed E-state index contributed by atoms with van der Waals surface area (Å²) in [5.74, 6) is 0.261. The van der Waals surface area contributed by atoms with Crippen LogP contribution >= 0.6 is 27.5 Å². The number of carbonyl (C=O) groups is 2. The van der Waals surface area contributed by atoms with Crippen molar-refractivity contribution in [2.75, 3.05) is 26.0 Å². The second-order valence-electron chi connectivity index (χ2n) is 5.90. The van der Waals surface area contributed by atoms with Crippen LogP contribution in [0.1, 0.15) is 12.0 Å². The first-order valence-electron chi connectivity index (χ1n) is 8.02. The zero-order valence-corrected chi connectivity index (χ0v) is 16.9. The second-order valence-corrected chi connectivity index (χ2v) is 7.22. The van der Waals surface area contributed by atoms with Crippen LogP contribution in [0.15, 0.2) is 46.9 Å². The third-order valence-electron chi connectivity index (χ3n) is 3.62. The maximum Gasteiger partial charge on any atom is 0.262 e. The van der Waals surface area contributed by atoms with E-state index in [1.54, 1.807) is 49.3 Å². The van der Waals surface area contributed by atoms with E-state index in [2.05, 4.69) is 21.2 Å². The summed E-state index contributed by atoms with van der Waals surface area (Å²) in [6.45, 7) is -0.138. The maximum atomic E-state index is 12.0. The first kappa shape index (κ1) is 20.3. The zero-order valence-electron chi connectivity index (χ0n) is 14.6. The molecule has 0 aromatic heterocycles. The average Bonchev–Trinajstić information content (AvgIpc) is 2.60. The van der Waals surface area contributed by atoms with Gasteiger partial charge in [0.05, 0.1) is 5.02 Å². The predicted molar refractivity (Wildman–Crippen MR) is 107 cm³/mol. The van der Waals surface area contributed by atoms with Crippen molar-refractivity contribution in [1.29, 1.82) is 0 Å². The topological polar surface area (TPSA) is 58.6 Å². The molecule has 2 aromatic carbocycles. The first-order valence-corrected chi connectivity index (χ1v) is 9.19. The summed E-state index contributed by atoms with van der Waals surface area (Å²) >= 11 is 9.36. The highest BCUT2D eigenvalue weighted by atomic mass is 79.9. The molecule has 0 aliphatic heterocycles. The molecule has 0 heterocycles. The van der Waals surface area contributed by atoms with Crippen molar-refractivity contribution in [3.8, 4) is 5.75 Å². The van der Waals surface area contributed by atoms with Crippen LogP contribution in [0, 0.1) is 0 Å². The van der Waals surface area contributed by atoms with Gasteiger partial charge >= 0.3 is 0 Å². The van der Waals surface area contributed by atoms with Gasteiger partial charge < -0.3 is 15.0 Å². The molecule has 0 unspecified atom stereocenters. The van der Waals surface area contributed by atoms with Gasteiger partial charge in [-0.3, -0.25) is 9.59 Å². The van der Waals surface area contributed by atoms with E-state index in [0.29, 0.717) is 29.3 Å². The Morgan fingerprint density at radius 2 is 1.85 bits per heavy atom. The molecule has 7 heteroatoms. The van der Waals surface area contributed by atoms with Crippen LogP contribution in [0.2, 0.25) is 5.02 Å². The van der Waals surface area contributed by atoms with Gasteiger partial charge in [0.15, 0.2) is 6.61 Å². The summed E-state index contributed by atoms with van der Waals surface area (Å²) in [7, 11) is 3.48. The quantitative estimate of drug-likeness (QED) is 0.705. The van der Waals surface area contributed by atoms with Crippen LogP contribution < -0.4 is 10.1 Å². The highest BCUT2D eigenvalue weighted by molar-refractivity contribution is 9.10. The number of aryl methyl sites for hydroxylation is 1. The lowest BCUT2D eigenvalue weighted by molar-refractivity contribution is -0.128. The Kier molecular flexibility index (Phi) is 7.48. The molecule has 0 bridgehead atoms. The third-order valence-corrected chi connectivity index (χ3v) is 4.41. The normalized spacial score (nSPS) is 10.3. The number of hydrogen-bond acceptors (Lipinski definition) is 3. The summed E-state index contributed by atoms with van der Waals surface area (Å²) in [6.07, 6.45) is 1.12. The molecule has 0 saturated heterocycles. The van der Waals surface area contributed by atoms with Crippen molar-refractivity contribution in [3.05, 3.63) is 57.5 Å². The summed E-state index contributed by atoms with van der Waals surface area (Å²) < 4.78 is 6.27. The lowest BCUT2D eigenvalue weighted by Gasteiger charge is -2.11. The lowest BCUT2D eigenvalue weighted by Crippen LogP contribution is -2.21. The first-order chi connectivity index (χ1) is 12.3. The molecule has 0 fully saturated rings. The zero-order chi connectivity index (χ0) is 19.1. The Hall–Kier alpha value is -2.05. The van der Waals surface area contributed by atoms with Crippen LogP contribution in [0.4, 0.5) is 5.69 Å². The summed E-state index contributed by atoms with van der Waals surface area (Å²) in [5.41, 5.74) is 1.71. The molecule has 0 aliphatic rings. The highest BCUT2D eigenvalue weighted by Crippen LogP contribution is 2.27. The van der Waals surface area contributed by atoms with Gasteiger partial charge in [-0.2, -0.15) is 0 Å². The van der Waals surface area contributed by atoms with Gasteiger partial charge in [0.1, 0.15) is 5.75 Å².